The molecule has 0 saturated heterocycles. The summed E-state index contributed by atoms with van der Waals surface area (Å²) in [6.45, 7) is 1.86. The van der Waals surface area contributed by atoms with Crippen LogP contribution in [-0.2, 0) is 4.79 Å². The third-order valence-corrected chi connectivity index (χ3v) is 0.657. The Hall–Kier alpha value is -0.560. The quantitative estimate of drug-likeness (QED) is 0.317. The van der Waals surface area contributed by atoms with Crippen molar-refractivity contribution in [1.29, 1.82) is 0 Å². The van der Waals surface area contributed by atoms with Gasteiger partial charge in [0.25, 0.3) is 0 Å². The van der Waals surface area contributed by atoms with Gasteiger partial charge in [0.15, 0.2) is 0 Å². The lowest BCUT2D eigenvalue weighted by atomic mass is 10.5. The standard InChI is InChI=1S/C6H7ClO/c1-2-3-4-5-6(7)8/h2-5H,1H3/b3-2-,5-4+. The van der Waals surface area contributed by atoms with Gasteiger partial charge in [-0.1, -0.05) is 18.2 Å². The van der Waals surface area contributed by atoms with Gasteiger partial charge in [-0.15, -0.1) is 0 Å². The molecule has 44 valence electrons. The normalized spacial score (nSPS) is 11.2. The van der Waals surface area contributed by atoms with Gasteiger partial charge in [-0.2, -0.15) is 0 Å². The first-order chi connectivity index (χ1) is 3.77. The lowest BCUT2D eigenvalue weighted by molar-refractivity contribution is -0.107. The molecule has 0 rings (SSSR count). The molecule has 1 nitrogen and oxygen atoms in total. The second kappa shape index (κ2) is 4.60. The molecule has 0 atom stereocenters. The van der Waals surface area contributed by atoms with E-state index < -0.39 is 5.24 Å². The topological polar surface area (TPSA) is 17.1 Å². The largest absolute Gasteiger partial charge is 0.276 e. The van der Waals surface area contributed by atoms with Crippen LogP contribution in [0.4, 0.5) is 0 Å². The molecule has 0 aromatic carbocycles. The van der Waals surface area contributed by atoms with E-state index >= 15 is 0 Å². The van der Waals surface area contributed by atoms with Crippen molar-refractivity contribution in [2.75, 3.05) is 0 Å². The highest BCUT2D eigenvalue weighted by molar-refractivity contribution is 6.66. The minimum atomic E-state index is -0.442. The van der Waals surface area contributed by atoms with Crippen LogP contribution in [-0.4, -0.2) is 5.24 Å². The Balaban J connectivity index is 3.50. The predicted octanol–water partition coefficient (Wildman–Crippen LogP) is 1.88. The minimum Gasteiger partial charge on any atom is -0.276 e. The number of hydrogen-bond acceptors (Lipinski definition) is 1. The first-order valence-corrected chi connectivity index (χ1v) is 2.64. The summed E-state index contributed by atoms with van der Waals surface area (Å²) in [6, 6.07) is 0. The predicted molar refractivity (Wildman–Crippen MR) is 34.8 cm³/mol. The molecule has 0 heterocycles. The van der Waals surface area contributed by atoms with E-state index in [4.69, 9.17) is 11.6 Å². The van der Waals surface area contributed by atoms with E-state index in [1.165, 1.54) is 6.08 Å². The second-order valence-electron chi connectivity index (χ2n) is 1.19. The number of carbonyl (C=O) groups excluding carboxylic acids is 1. The van der Waals surface area contributed by atoms with Gasteiger partial charge < -0.3 is 0 Å². The smallest absolute Gasteiger partial charge is 0.245 e. The van der Waals surface area contributed by atoms with Gasteiger partial charge in [-0.05, 0) is 24.6 Å². The van der Waals surface area contributed by atoms with E-state index in [0.29, 0.717) is 0 Å². The van der Waals surface area contributed by atoms with Crippen LogP contribution < -0.4 is 0 Å². The Labute approximate surface area is 53.6 Å². The molecule has 0 N–H and O–H groups in total. The molecule has 8 heavy (non-hydrogen) atoms. The van der Waals surface area contributed by atoms with Crippen LogP contribution in [0.2, 0.25) is 0 Å². The summed E-state index contributed by atoms with van der Waals surface area (Å²) in [7, 11) is 0. The summed E-state index contributed by atoms with van der Waals surface area (Å²) in [5, 5.41) is -0.442. The van der Waals surface area contributed by atoms with Crippen molar-refractivity contribution in [2.24, 2.45) is 0 Å². The van der Waals surface area contributed by atoms with Crippen LogP contribution in [0.1, 0.15) is 6.92 Å². The van der Waals surface area contributed by atoms with E-state index in [0.717, 1.165) is 0 Å². The maximum Gasteiger partial charge on any atom is 0.245 e. The number of halogens is 1. The van der Waals surface area contributed by atoms with Crippen LogP contribution in [0.25, 0.3) is 0 Å². The van der Waals surface area contributed by atoms with Crippen LogP contribution in [0.15, 0.2) is 24.3 Å². The molecule has 2 heteroatoms. The lowest BCUT2D eigenvalue weighted by Crippen LogP contribution is -1.71. The Morgan fingerprint density at radius 1 is 1.50 bits per heavy atom. The Morgan fingerprint density at radius 2 is 2.12 bits per heavy atom. The number of allylic oxidation sites excluding steroid dienone is 4. The van der Waals surface area contributed by atoms with Gasteiger partial charge in [0.1, 0.15) is 0 Å². The van der Waals surface area contributed by atoms with E-state index in [-0.39, 0.29) is 0 Å². The maximum atomic E-state index is 9.96. The van der Waals surface area contributed by atoms with Crippen molar-refractivity contribution in [3.63, 3.8) is 0 Å². The fourth-order valence-electron chi connectivity index (χ4n) is 0.242. The molecule has 0 aliphatic carbocycles. The average Bonchev–Trinajstić information content (AvgIpc) is 1.66. The Morgan fingerprint density at radius 3 is 2.50 bits per heavy atom. The highest BCUT2D eigenvalue weighted by Gasteiger charge is 1.78. The molecular formula is C6H7ClO. The van der Waals surface area contributed by atoms with Gasteiger partial charge in [0.2, 0.25) is 5.24 Å². The van der Waals surface area contributed by atoms with E-state index in [9.17, 15) is 4.79 Å². The average molecular weight is 131 g/mol. The van der Waals surface area contributed by atoms with Crippen LogP contribution in [0.5, 0.6) is 0 Å². The zero-order chi connectivity index (χ0) is 6.41. The van der Waals surface area contributed by atoms with Crippen molar-refractivity contribution in [2.45, 2.75) is 6.92 Å². The number of carbonyl (C=O) groups is 1. The zero-order valence-electron chi connectivity index (χ0n) is 4.60. The monoisotopic (exact) mass is 130 g/mol. The Bertz CT molecular complexity index is 124. The first kappa shape index (κ1) is 7.44. The third kappa shape index (κ3) is 5.44. The summed E-state index contributed by atoms with van der Waals surface area (Å²) in [6.07, 6.45) is 6.44. The SMILES string of the molecule is C/C=C\C=C\C(=O)Cl. The second-order valence-corrected chi connectivity index (χ2v) is 1.56. The zero-order valence-corrected chi connectivity index (χ0v) is 5.35. The molecule has 0 fully saturated rings. The molecule has 0 unspecified atom stereocenters. The number of hydrogen-bond donors (Lipinski definition) is 0. The van der Waals surface area contributed by atoms with E-state index in [1.54, 1.807) is 12.2 Å². The molecule has 0 radical (unpaired) electrons. The molecule has 0 amide bonds. The van der Waals surface area contributed by atoms with Gasteiger partial charge in [-0.3, -0.25) is 4.79 Å². The third-order valence-electron chi connectivity index (χ3n) is 0.531. The summed E-state index contributed by atoms with van der Waals surface area (Å²) in [5.41, 5.74) is 0. The summed E-state index contributed by atoms with van der Waals surface area (Å²) < 4.78 is 0. The first-order valence-electron chi connectivity index (χ1n) is 2.26. The number of rotatable bonds is 2. The highest BCUT2D eigenvalue weighted by Crippen LogP contribution is 1.82. The fraction of sp³-hybridized carbons (Fsp3) is 0.167. The van der Waals surface area contributed by atoms with Crippen molar-refractivity contribution < 1.29 is 4.79 Å². The molecule has 0 saturated carbocycles. The van der Waals surface area contributed by atoms with Crippen LogP contribution in [0, 0.1) is 0 Å². The summed E-state index contributed by atoms with van der Waals surface area (Å²) in [5.74, 6) is 0. The van der Waals surface area contributed by atoms with E-state index in [2.05, 4.69) is 0 Å². The summed E-state index contributed by atoms with van der Waals surface area (Å²) in [4.78, 5) is 9.96. The molecule has 0 aliphatic heterocycles. The lowest BCUT2D eigenvalue weighted by Gasteiger charge is -1.69. The summed E-state index contributed by atoms with van der Waals surface area (Å²) >= 11 is 4.95. The van der Waals surface area contributed by atoms with Crippen molar-refractivity contribution in [3.8, 4) is 0 Å². The van der Waals surface area contributed by atoms with Gasteiger partial charge in [0.05, 0.1) is 0 Å². The Kier molecular flexibility index (Phi) is 4.27. The molecule has 0 aromatic heterocycles. The fourth-order valence-corrected chi connectivity index (χ4v) is 0.315. The van der Waals surface area contributed by atoms with Crippen molar-refractivity contribution in [1.82, 2.24) is 0 Å². The highest BCUT2D eigenvalue weighted by atomic mass is 35.5. The van der Waals surface area contributed by atoms with Gasteiger partial charge in [0, 0.05) is 0 Å². The molecule has 0 aromatic rings. The van der Waals surface area contributed by atoms with E-state index in [1.807, 2.05) is 13.0 Å². The van der Waals surface area contributed by atoms with Gasteiger partial charge in [-0.25, -0.2) is 0 Å². The van der Waals surface area contributed by atoms with Gasteiger partial charge >= 0.3 is 0 Å². The molecule has 0 spiro atoms. The van der Waals surface area contributed by atoms with Crippen molar-refractivity contribution in [3.05, 3.63) is 24.3 Å². The molecule has 0 aliphatic rings. The molecule has 0 bridgehead atoms. The van der Waals surface area contributed by atoms with Crippen molar-refractivity contribution >= 4 is 16.8 Å². The molecular weight excluding hydrogens is 124 g/mol. The maximum absolute atomic E-state index is 9.96. The van der Waals surface area contributed by atoms with Crippen LogP contribution >= 0.6 is 11.6 Å². The van der Waals surface area contributed by atoms with Crippen LogP contribution in [0.3, 0.4) is 0 Å². The minimum absolute atomic E-state index is 0.442.